The summed E-state index contributed by atoms with van der Waals surface area (Å²) in [5, 5.41) is 0. The van der Waals surface area contributed by atoms with E-state index < -0.39 is 0 Å². The Morgan fingerprint density at radius 3 is 2.67 bits per heavy atom. The van der Waals surface area contributed by atoms with Gasteiger partial charge in [0.15, 0.2) is 0 Å². The Bertz CT molecular complexity index is 290. The van der Waals surface area contributed by atoms with Gasteiger partial charge in [-0.05, 0) is 12.0 Å². The zero-order valence-electron chi connectivity index (χ0n) is 7.25. The van der Waals surface area contributed by atoms with Gasteiger partial charge >= 0.3 is 0 Å². The van der Waals surface area contributed by atoms with Crippen molar-refractivity contribution in [2.45, 2.75) is 13.3 Å². The Kier molecular flexibility index (Phi) is 2.75. The zero-order chi connectivity index (χ0) is 8.97. The van der Waals surface area contributed by atoms with Crippen LogP contribution in [0.3, 0.4) is 0 Å². The first-order chi connectivity index (χ1) is 5.79. The standard InChI is InChI=1S/C10H14N2/c1-2-8-5-3-4-6-9(8)10(12)7-11/h3-7H,2,11-12H2,1H3/b10-7+. The Morgan fingerprint density at radius 2 is 2.08 bits per heavy atom. The fourth-order valence-corrected chi connectivity index (χ4v) is 1.20. The fraction of sp³-hybridized carbons (Fsp3) is 0.200. The first kappa shape index (κ1) is 8.65. The van der Waals surface area contributed by atoms with E-state index in [1.54, 1.807) is 0 Å². The topological polar surface area (TPSA) is 52.0 Å². The number of aryl methyl sites for hydroxylation is 1. The van der Waals surface area contributed by atoms with E-state index in [4.69, 9.17) is 11.5 Å². The van der Waals surface area contributed by atoms with Crippen molar-refractivity contribution in [3.63, 3.8) is 0 Å². The normalized spacial score (nSPS) is 11.6. The molecule has 4 N–H and O–H groups in total. The molecule has 2 nitrogen and oxygen atoms in total. The second kappa shape index (κ2) is 3.81. The van der Waals surface area contributed by atoms with Gasteiger partial charge in [0.05, 0.1) is 5.70 Å². The van der Waals surface area contributed by atoms with Crippen LogP contribution in [0.25, 0.3) is 5.70 Å². The van der Waals surface area contributed by atoms with E-state index in [-0.39, 0.29) is 0 Å². The molecule has 12 heavy (non-hydrogen) atoms. The van der Waals surface area contributed by atoms with E-state index >= 15 is 0 Å². The molecule has 0 saturated carbocycles. The Hall–Kier alpha value is -1.44. The Labute approximate surface area is 72.9 Å². The molecule has 0 saturated heterocycles. The molecule has 0 fully saturated rings. The second-order valence-corrected chi connectivity index (χ2v) is 2.63. The van der Waals surface area contributed by atoms with E-state index in [1.165, 1.54) is 11.8 Å². The van der Waals surface area contributed by atoms with Crippen LogP contribution in [-0.2, 0) is 6.42 Å². The third kappa shape index (κ3) is 1.59. The van der Waals surface area contributed by atoms with E-state index in [9.17, 15) is 0 Å². The molecule has 2 heteroatoms. The van der Waals surface area contributed by atoms with Gasteiger partial charge in [0.1, 0.15) is 0 Å². The van der Waals surface area contributed by atoms with Gasteiger partial charge in [-0.15, -0.1) is 0 Å². The molecule has 0 heterocycles. The molecule has 0 amide bonds. The van der Waals surface area contributed by atoms with Gasteiger partial charge in [-0.1, -0.05) is 31.2 Å². The fourth-order valence-electron chi connectivity index (χ4n) is 1.20. The van der Waals surface area contributed by atoms with Gasteiger partial charge < -0.3 is 11.5 Å². The summed E-state index contributed by atoms with van der Waals surface area (Å²) in [7, 11) is 0. The van der Waals surface area contributed by atoms with E-state index in [0.717, 1.165) is 12.0 Å². The maximum atomic E-state index is 5.71. The van der Waals surface area contributed by atoms with Crippen molar-refractivity contribution >= 4 is 5.70 Å². The van der Waals surface area contributed by atoms with Crippen LogP contribution in [0.15, 0.2) is 30.5 Å². The van der Waals surface area contributed by atoms with Crippen molar-refractivity contribution in [1.82, 2.24) is 0 Å². The Balaban J connectivity index is 3.13. The van der Waals surface area contributed by atoms with Crippen LogP contribution in [0.1, 0.15) is 18.1 Å². The highest BCUT2D eigenvalue weighted by molar-refractivity contribution is 5.65. The summed E-state index contributed by atoms with van der Waals surface area (Å²) in [5.74, 6) is 0. The molecule has 0 aliphatic rings. The van der Waals surface area contributed by atoms with Crippen molar-refractivity contribution in [2.24, 2.45) is 11.5 Å². The van der Waals surface area contributed by atoms with Crippen molar-refractivity contribution in [3.8, 4) is 0 Å². The van der Waals surface area contributed by atoms with Crippen LogP contribution in [0.5, 0.6) is 0 Å². The summed E-state index contributed by atoms with van der Waals surface area (Å²) in [4.78, 5) is 0. The molecular weight excluding hydrogens is 148 g/mol. The van der Waals surface area contributed by atoms with Crippen LogP contribution in [0, 0.1) is 0 Å². The summed E-state index contributed by atoms with van der Waals surface area (Å²) < 4.78 is 0. The molecule has 64 valence electrons. The van der Waals surface area contributed by atoms with Crippen molar-refractivity contribution in [1.29, 1.82) is 0 Å². The van der Waals surface area contributed by atoms with Crippen LogP contribution < -0.4 is 11.5 Å². The number of nitrogens with two attached hydrogens (primary N) is 2. The average Bonchev–Trinajstić information content (AvgIpc) is 2.16. The minimum Gasteiger partial charge on any atom is -0.403 e. The molecule has 0 aliphatic heterocycles. The third-order valence-corrected chi connectivity index (χ3v) is 1.89. The summed E-state index contributed by atoms with van der Waals surface area (Å²) in [5.41, 5.74) is 14.0. The van der Waals surface area contributed by atoms with E-state index in [0.29, 0.717) is 5.70 Å². The molecule has 0 aliphatic carbocycles. The molecule has 1 rings (SSSR count). The number of hydrogen-bond donors (Lipinski definition) is 2. The van der Waals surface area contributed by atoms with Gasteiger partial charge in [-0.2, -0.15) is 0 Å². The first-order valence-corrected chi connectivity index (χ1v) is 4.05. The van der Waals surface area contributed by atoms with E-state index in [2.05, 4.69) is 13.0 Å². The maximum Gasteiger partial charge on any atom is 0.0547 e. The SMILES string of the molecule is CCc1ccccc1/C(N)=C\N. The molecule has 0 spiro atoms. The van der Waals surface area contributed by atoms with Crippen LogP contribution in [-0.4, -0.2) is 0 Å². The molecule has 1 aromatic carbocycles. The zero-order valence-corrected chi connectivity index (χ0v) is 7.25. The third-order valence-electron chi connectivity index (χ3n) is 1.89. The van der Waals surface area contributed by atoms with E-state index in [1.807, 2.05) is 18.2 Å². The number of rotatable bonds is 2. The quantitative estimate of drug-likeness (QED) is 0.691. The smallest absolute Gasteiger partial charge is 0.0547 e. The minimum absolute atomic E-state index is 0.646. The lowest BCUT2D eigenvalue weighted by Gasteiger charge is -2.06. The lowest BCUT2D eigenvalue weighted by atomic mass is 10.0. The molecule has 1 aromatic rings. The Morgan fingerprint density at radius 1 is 1.42 bits per heavy atom. The summed E-state index contributed by atoms with van der Waals surface area (Å²) in [6.45, 7) is 2.10. The van der Waals surface area contributed by atoms with Gasteiger partial charge in [0.25, 0.3) is 0 Å². The monoisotopic (exact) mass is 162 g/mol. The highest BCUT2D eigenvalue weighted by Gasteiger charge is 2.00. The number of hydrogen-bond acceptors (Lipinski definition) is 2. The van der Waals surface area contributed by atoms with Crippen LogP contribution in [0.4, 0.5) is 0 Å². The first-order valence-electron chi connectivity index (χ1n) is 4.05. The summed E-state index contributed by atoms with van der Waals surface area (Å²) in [6.07, 6.45) is 2.42. The predicted octanol–water partition coefficient (Wildman–Crippen LogP) is 1.46. The summed E-state index contributed by atoms with van der Waals surface area (Å²) >= 11 is 0. The largest absolute Gasteiger partial charge is 0.403 e. The average molecular weight is 162 g/mol. The molecule has 0 atom stereocenters. The van der Waals surface area contributed by atoms with Crippen LogP contribution >= 0.6 is 0 Å². The maximum absolute atomic E-state index is 5.71. The highest BCUT2D eigenvalue weighted by Crippen LogP contribution is 2.14. The molecule has 0 bridgehead atoms. The summed E-state index contributed by atoms with van der Waals surface area (Å²) in [6, 6.07) is 8.01. The van der Waals surface area contributed by atoms with Crippen molar-refractivity contribution < 1.29 is 0 Å². The molecule has 0 unspecified atom stereocenters. The van der Waals surface area contributed by atoms with Gasteiger partial charge in [-0.3, -0.25) is 0 Å². The lowest BCUT2D eigenvalue weighted by Crippen LogP contribution is -2.02. The predicted molar refractivity (Wildman–Crippen MR) is 52.2 cm³/mol. The van der Waals surface area contributed by atoms with Gasteiger partial charge in [0.2, 0.25) is 0 Å². The highest BCUT2D eigenvalue weighted by atomic mass is 14.6. The molecule has 0 aromatic heterocycles. The van der Waals surface area contributed by atoms with Crippen LogP contribution in [0.2, 0.25) is 0 Å². The minimum atomic E-state index is 0.646. The molecular formula is C10H14N2. The lowest BCUT2D eigenvalue weighted by molar-refractivity contribution is 1.12. The molecule has 0 radical (unpaired) electrons. The van der Waals surface area contributed by atoms with Gasteiger partial charge in [-0.25, -0.2) is 0 Å². The van der Waals surface area contributed by atoms with Gasteiger partial charge in [0, 0.05) is 11.8 Å². The van der Waals surface area contributed by atoms with Crippen molar-refractivity contribution in [2.75, 3.05) is 0 Å². The van der Waals surface area contributed by atoms with Crippen molar-refractivity contribution in [3.05, 3.63) is 41.6 Å². The second-order valence-electron chi connectivity index (χ2n) is 2.63. The number of benzene rings is 1.